The minimum Gasteiger partial charge on any atom is -0.465 e. The Labute approximate surface area is 119 Å². The van der Waals surface area contributed by atoms with E-state index in [9.17, 15) is 4.79 Å². The van der Waals surface area contributed by atoms with Gasteiger partial charge in [0.1, 0.15) is 0 Å². The van der Waals surface area contributed by atoms with E-state index < -0.39 is 0 Å². The molecule has 0 N–H and O–H groups in total. The fourth-order valence-corrected chi connectivity index (χ4v) is 2.10. The van der Waals surface area contributed by atoms with Crippen LogP contribution in [0.3, 0.4) is 0 Å². The average molecular weight is 266 g/mol. The molecule has 2 heteroatoms. The summed E-state index contributed by atoms with van der Waals surface area (Å²) >= 11 is 0. The number of carbonyl (C=O) groups excluding carboxylic acids is 1. The van der Waals surface area contributed by atoms with Crippen LogP contribution in [0, 0.1) is 11.8 Å². The lowest BCUT2D eigenvalue weighted by Crippen LogP contribution is -2.04. The van der Waals surface area contributed by atoms with Gasteiger partial charge in [0.25, 0.3) is 0 Å². The summed E-state index contributed by atoms with van der Waals surface area (Å²) in [6.07, 6.45) is 3.04. The Morgan fingerprint density at radius 2 is 2.00 bits per heavy atom. The number of esters is 1. The first kappa shape index (κ1) is 14.1. The second-order valence-electron chi connectivity index (χ2n) is 4.61. The van der Waals surface area contributed by atoms with Crippen molar-refractivity contribution in [3.63, 3.8) is 0 Å². The van der Waals surface area contributed by atoms with Gasteiger partial charge in [0, 0.05) is 12.0 Å². The highest BCUT2D eigenvalue weighted by molar-refractivity contribution is 6.00. The van der Waals surface area contributed by atoms with Crippen LogP contribution in [0.15, 0.2) is 36.4 Å². The first-order valence-corrected chi connectivity index (χ1v) is 6.87. The second-order valence-corrected chi connectivity index (χ2v) is 4.61. The lowest BCUT2D eigenvalue weighted by Gasteiger charge is -2.06. The highest BCUT2D eigenvalue weighted by atomic mass is 16.5. The van der Waals surface area contributed by atoms with E-state index in [1.807, 2.05) is 30.3 Å². The summed E-state index contributed by atoms with van der Waals surface area (Å²) in [5.41, 5.74) is 1.31. The molecule has 0 aromatic heterocycles. The fourth-order valence-electron chi connectivity index (χ4n) is 2.10. The predicted molar refractivity (Wildman–Crippen MR) is 81.7 cm³/mol. The van der Waals surface area contributed by atoms with Crippen molar-refractivity contribution >= 4 is 16.7 Å². The summed E-state index contributed by atoms with van der Waals surface area (Å²) in [6.45, 7) is 2.14. The highest BCUT2D eigenvalue weighted by Gasteiger charge is 2.12. The van der Waals surface area contributed by atoms with Gasteiger partial charge in [-0.05, 0) is 23.3 Å². The normalized spacial score (nSPS) is 9.90. The van der Waals surface area contributed by atoms with E-state index >= 15 is 0 Å². The summed E-state index contributed by atoms with van der Waals surface area (Å²) in [5, 5.41) is 2.08. The molecule has 20 heavy (non-hydrogen) atoms. The van der Waals surface area contributed by atoms with Crippen LogP contribution in [0.5, 0.6) is 0 Å². The van der Waals surface area contributed by atoms with Gasteiger partial charge < -0.3 is 4.74 Å². The standard InChI is InChI=1S/C18H18O2/c1-3-4-5-6-11-16-15-10-8-7-9-14(15)12-13-17(16)18(19)20-2/h7-10,12-13H,3-5H2,1-2H3. The minimum absolute atomic E-state index is 0.337. The maximum absolute atomic E-state index is 11.9. The molecule has 0 saturated carbocycles. The molecular formula is C18H18O2. The number of fused-ring (bicyclic) bond motifs is 1. The molecule has 0 amide bonds. The monoisotopic (exact) mass is 266 g/mol. The number of ether oxygens (including phenoxy) is 1. The third-order valence-electron chi connectivity index (χ3n) is 3.20. The molecule has 0 aliphatic rings. The van der Waals surface area contributed by atoms with E-state index in [1.165, 1.54) is 7.11 Å². The third-order valence-corrected chi connectivity index (χ3v) is 3.20. The van der Waals surface area contributed by atoms with E-state index in [0.717, 1.165) is 35.6 Å². The molecule has 0 heterocycles. The van der Waals surface area contributed by atoms with Crippen LogP contribution in [0.4, 0.5) is 0 Å². The van der Waals surface area contributed by atoms with Gasteiger partial charge in [-0.1, -0.05) is 55.5 Å². The van der Waals surface area contributed by atoms with Gasteiger partial charge in [0.15, 0.2) is 0 Å². The molecule has 0 unspecified atom stereocenters. The molecule has 2 aromatic carbocycles. The average Bonchev–Trinajstić information content (AvgIpc) is 2.50. The molecule has 0 radical (unpaired) electrons. The van der Waals surface area contributed by atoms with Crippen LogP contribution >= 0.6 is 0 Å². The molecule has 0 atom stereocenters. The molecular weight excluding hydrogens is 248 g/mol. The third kappa shape index (κ3) is 3.00. The van der Waals surface area contributed by atoms with Gasteiger partial charge >= 0.3 is 5.97 Å². The van der Waals surface area contributed by atoms with Gasteiger partial charge in [0.2, 0.25) is 0 Å². The van der Waals surface area contributed by atoms with Gasteiger partial charge in [0.05, 0.1) is 12.7 Å². The lowest BCUT2D eigenvalue weighted by molar-refractivity contribution is 0.0600. The van der Waals surface area contributed by atoms with Crippen LogP contribution in [-0.4, -0.2) is 13.1 Å². The Kier molecular flexibility index (Phi) is 4.79. The van der Waals surface area contributed by atoms with Gasteiger partial charge in [-0.25, -0.2) is 4.79 Å². The summed E-state index contributed by atoms with van der Waals surface area (Å²) in [4.78, 5) is 11.9. The molecule has 2 nitrogen and oxygen atoms in total. The van der Waals surface area contributed by atoms with E-state index in [0.29, 0.717) is 5.56 Å². The Morgan fingerprint density at radius 3 is 2.75 bits per heavy atom. The Balaban J connectivity index is 2.54. The van der Waals surface area contributed by atoms with E-state index in [2.05, 4.69) is 18.8 Å². The fraction of sp³-hybridized carbons (Fsp3) is 0.278. The zero-order valence-electron chi connectivity index (χ0n) is 11.9. The van der Waals surface area contributed by atoms with Gasteiger partial charge in [-0.15, -0.1) is 0 Å². The number of methoxy groups -OCH3 is 1. The van der Waals surface area contributed by atoms with E-state index in [4.69, 9.17) is 4.74 Å². The molecule has 2 rings (SSSR count). The molecule has 2 aromatic rings. The van der Waals surface area contributed by atoms with Crippen molar-refractivity contribution in [1.29, 1.82) is 0 Å². The topological polar surface area (TPSA) is 26.3 Å². The maximum atomic E-state index is 11.9. The summed E-state index contributed by atoms with van der Waals surface area (Å²) in [5.74, 6) is 5.97. The molecule has 0 bridgehead atoms. The molecule has 0 aliphatic carbocycles. The molecule has 0 aliphatic heterocycles. The molecule has 0 fully saturated rings. The Morgan fingerprint density at radius 1 is 1.20 bits per heavy atom. The lowest BCUT2D eigenvalue weighted by atomic mass is 9.99. The number of unbranched alkanes of at least 4 members (excludes halogenated alkanes) is 2. The SMILES string of the molecule is CCCCC#Cc1c(C(=O)OC)ccc2ccccc12. The number of benzene rings is 2. The van der Waals surface area contributed by atoms with Crippen LogP contribution in [-0.2, 0) is 4.74 Å². The Bertz CT molecular complexity index is 675. The van der Waals surface area contributed by atoms with Crippen molar-refractivity contribution in [2.24, 2.45) is 0 Å². The van der Waals surface area contributed by atoms with Crippen molar-refractivity contribution in [3.8, 4) is 11.8 Å². The van der Waals surface area contributed by atoms with Crippen LogP contribution in [0.2, 0.25) is 0 Å². The van der Waals surface area contributed by atoms with Crippen molar-refractivity contribution in [1.82, 2.24) is 0 Å². The van der Waals surface area contributed by atoms with Crippen LogP contribution < -0.4 is 0 Å². The second kappa shape index (κ2) is 6.77. The maximum Gasteiger partial charge on any atom is 0.339 e. The van der Waals surface area contributed by atoms with Gasteiger partial charge in [-0.3, -0.25) is 0 Å². The minimum atomic E-state index is -0.337. The van der Waals surface area contributed by atoms with E-state index in [-0.39, 0.29) is 5.97 Å². The summed E-state index contributed by atoms with van der Waals surface area (Å²) < 4.78 is 4.85. The van der Waals surface area contributed by atoms with Crippen molar-refractivity contribution in [2.75, 3.05) is 7.11 Å². The van der Waals surface area contributed by atoms with Crippen molar-refractivity contribution in [2.45, 2.75) is 26.2 Å². The first-order chi connectivity index (χ1) is 9.77. The van der Waals surface area contributed by atoms with E-state index in [1.54, 1.807) is 6.07 Å². The summed E-state index contributed by atoms with van der Waals surface area (Å²) in [7, 11) is 1.39. The zero-order valence-corrected chi connectivity index (χ0v) is 11.9. The molecule has 0 spiro atoms. The number of hydrogen-bond donors (Lipinski definition) is 0. The largest absolute Gasteiger partial charge is 0.465 e. The highest BCUT2D eigenvalue weighted by Crippen LogP contribution is 2.22. The quantitative estimate of drug-likeness (QED) is 0.473. The molecule has 102 valence electrons. The van der Waals surface area contributed by atoms with Crippen LogP contribution in [0.1, 0.15) is 42.1 Å². The van der Waals surface area contributed by atoms with Crippen molar-refractivity contribution < 1.29 is 9.53 Å². The summed E-state index contributed by atoms with van der Waals surface area (Å²) in [6, 6.07) is 11.7. The number of rotatable bonds is 3. The molecule has 0 saturated heterocycles. The van der Waals surface area contributed by atoms with Crippen LogP contribution in [0.25, 0.3) is 10.8 Å². The number of hydrogen-bond acceptors (Lipinski definition) is 2. The zero-order chi connectivity index (χ0) is 14.4. The smallest absolute Gasteiger partial charge is 0.339 e. The first-order valence-electron chi connectivity index (χ1n) is 6.87. The van der Waals surface area contributed by atoms with Gasteiger partial charge in [-0.2, -0.15) is 0 Å². The Hall–Kier alpha value is -2.27. The number of carbonyl (C=O) groups is 1. The van der Waals surface area contributed by atoms with Crippen molar-refractivity contribution in [3.05, 3.63) is 47.5 Å². The predicted octanol–water partition coefficient (Wildman–Crippen LogP) is 4.17.